The molecule has 2 rings (SSSR count). The average Bonchev–Trinajstić information content (AvgIpc) is 2.70. The Morgan fingerprint density at radius 3 is 2.67 bits per heavy atom. The van der Waals surface area contributed by atoms with Gasteiger partial charge >= 0.3 is 6.18 Å². The number of alkyl halides is 3. The van der Waals surface area contributed by atoms with Crippen LogP contribution in [0.1, 0.15) is 18.1 Å². The van der Waals surface area contributed by atoms with Gasteiger partial charge in [-0.1, -0.05) is 0 Å². The van der Waals surface area contributed by atoms with Gasteiger partial charge in [0, 0.05) is 23.1 Å². The molecule has 2 N–H and O–H groups in total. The van der Waals surface area contributed by atoms with Crippen LogP contribution in [-0.4, -0.2) is 18.1 Å². The van der Waals surface area contributed by atoms with E-state index in [4.69, 9.17) is 0 Å². The second-order valence-corrected chi connectivity index (χ2v) is 4.47. The Labute approximate surface area is 103 Å². The highest BCUT2D eigenvalue weighted by Gasteiger charge is 2.30. The van der Waals surface area contributed by atoms with E-state index in [0.29, 0.717) is 11.8 Å². The Hall–Kier alpha value is -1.49. The van der Waals surface area contributed by atoms with Crippen LogP contribution in [-0.2, 0) is 12.6 Å². The molecular weight excluding hydrogens is 241 g/mol. The molecule has 1 aromatic heterocycles. The van der Waals surface area contributed by atoms with Crippen LogP contribution in [0.4, 0.5) is 13.2 Å². The Kier molecular flexibility index (Phi) is 3.34. The van der Waals surface area contributed by atoms with Gasteiger partial charge in [0.25, 0.3) is 0 Å². The molecule has 2 aromatic rings. The van der Waals surface area contributed by atoms with E-state index in [9.17, 15) is 13.2 Å². The van der Waals surface area contributed by atoms with Crippen LogP contribution in [0.3, 0.4) is 0 Å². The van der Waals surface area contributed by atoms with Gasteiger partial charge in [0.1, 0.15) is 0 Å². The third-order valence-corrected chi connectivity index (χ3v) is 3.11. The largest absolute Gasteiger partial charge is 0.416 e. The van der Waals surface area contributed by atoms with Crippen molar-refractivity contribution in [2.24, 2.45) is 0 Å². The highest BCUT2D eigenvalue weighted by Crippen LogP contribution is 2.32. The number of aromatic amines is 1. The predicted molar refractivity (Wildman–Crippen MR) is 65.5 cm³/mol. The summed E-state index contributed by atoms with van der Waals surface area (Å²) >= 11 is 0. The molecule has 0 saturated heterocycles. The van der Waals surface area contributed by atoms with Gasteiger partial charge in [-0.25, -0.2) is 0 Å². The highest BCUT2D eigenvalue weighted by atomic mass is 19.4. The normalized spacial score (nSPS) is 14.1. The van der Waals surface area contributed by atoms with Gasteiger partial charge in [0.2, 0.25) is 0 Å². The molecule has 2 nitrogen and oxygen atoms in total. The van der Waals surface area contributed by atoms with Crippen molar-refractivity contribution >= 4 is 10.9 Å². The molecule has 0 aliphatic heterocycles. The van der Waals surface area contributed by atoms with Gasteiger partial charge < -0.3 is 10.3 Å². The zero-order valence-electron chi connectivity index (χ0n) is 10.2. The molecule has 1 atom stereocenters. The fraction of sp³-hybridized carbons (Fsp3) is 0.385. The summed E-state index contributed by atoms with van der Waals surface area (Å²) in [5.41, 5.74) is 1.03. The second kappa shape index (κ2) is 4.65. The maximum Gasteiger partial charge on any atom is 0.416 e. The van der Waals surface area contributed by atoms with Crippen LogP contribution < -0.4 is 5.32 Å². The quantitative estimate of drug-likeness (QED) is 0.866. The van der Waals surface area contributed by atoms with Crippen molar-refractivity contribution in [2.75, 3.05) is 7.05 Å². The van der Waals surface area contributed by atoms with Crippen molar-refractivity contribution in [3.63, 3.8) is 0 Å². The minimum Gasteiger partial charge on any atom is -0.361 e. The number of nitrogens with one attached hydrogen (secondary N) is 2. The number of likely N-dealkylation sites (N-methyl/N-ethyl adjacent to an activating group) is 1. The third kappa shape index (κ3) is 2.51. The first kappa shape index (κ1) is 13.0. The van der Waals surface area contributed by atoms with Crippen LogP contribution >= 0.6 is 0 Å². The van der Waals surface area contributed by atoms with E-state index < -0.39 is 11.7 Å². The second-order valence-electron chi connectivity index (χ2n) is 4.47. The number of benzene rings is 1. The molecule has 1 aromatic carbocycles. The van der Waals surface area contributed by atoms with Crippen molar-refractivity contribution in [1.29, 1.82) is 0 Å². The molecule has 0 fully saturated rings. The van der Waals surface area contributed by atoms with E-state index >= 15 is 0 Å². The zero-order valence-corrected chi connectivity index (χ0v) is 10.2. The molecule has 0 amide bonds. The number of halogens is 3. The highest BCUT2D eigenvalue weighted by molar-refractivity contribution is 5.84. The summed E-state index contributed by atoms with van der Waals surface area (Å²) in [4.78, 5) is 3.00. The zero-order chi connectivity index (χ0) is 13.3. The molecule has 1 heterocycles. The number of hydrogen-bond acceptors (Lipinski definition) is 1. The van der Waals surface area contributed by atoms with E-state index in [1.54, 1.807) is 6.20 Å². The lowest BCUT2D eigenvalue weighted by Gasteiger charge is -2.10. The van der Waals surface area contributed by atoms with Crippen LogP contribution in [0.2, 0.25) is 0 Å². The van der Waals surface area contributed by atoms with Gasteiger partial charge in [-0.3, -0.25) is 0 Å². The van der Waals surface area contributed by atoms with Gasteiger partial charge in [0.05, 0.1) is 5.56 Å². The number of hydrogen-bond donors (Lipinski definition) is 2. The minimum atomic E-state index is -4.29. The summed E-state index contributed by atoms with van der Waals surface area (Å²) in [6.45, 7) is 1.99. The SMILES string of the molecule is CNC(C)Cc1c[nH]c2ccc(C(F)(F)F)cc12. The fourth-order valence-electron chi connectivity index (χ4n) is 1.96. The average molecular weight is 256 g/mol. The summed E-state index contributed by atoms with van der Waals surface area (Å²) in [7, 11) is 1.83. The van der Waals surface area contributed by atoms with E-state index in [-0.39, 0.29) is 6.04 Å². The number of aromatic nitrogens is 1. The molecule has 1 unspecified atom stereocenters. The molecule has 98 valence electrons. The van der Waals surface area contributed by atoms with Gasteiger partial charge in [-0.05, 0) is 44.2 Å². The molecule has 18 heavy (non-hydrogen) atoms. The molecule has 0 aliphatic carbocycles. The van der Waals surface area contributed by atoms with E-state index in [0.717, 1.165) is 17.1 Å². The summed E-state index contributed by atoms with van der Waals surface area (Å²) in [5.74, 6) is 0. The Morgan fingerprint density at radius 1 is 1.33 bits per heavy atom. The smallest absolute Gasteiger partial charge is 0.361 e. The first-order valence-electron chi connectivity index (χ1n) is 5.76. The molecule has 0 bridgehead atoms. The Morgan fingerprint density at radius 2 is 2.06 bits per heavy atom. The van der Waals surface area contributed by atoms with Gasteiger partial charge in [-0.15, -0.1) is 0 Å². The molecular formula is C13H15F3N2. The van der Waals surface area contributed by atoms with Crippen molar-refractivity contribution < 1.29 is 13.2 Å². The topological polar surface area (TPSA) is 27.8 Å². The van der Waals surface area contributed by atoms with E-state index in [2.05, 4.69) is 10.3 Å². The van der Waals surface area contributed by atoms with Crippen LogP contribution in [0.15, 0.2) is 24.4 Å². The van der Waals surface area contributed by atoms with Crippen LogP contribution in [0.5, 0.6) is 0 Å². The minimum absolute atomic E-state index is 0.221. The maximum atomic E-state index is 12.7. The van der Waals surface area contributed by atoms with E-state index in [1.165, 1.54) is 12.1 Å². The first-order valence-corrected chi connectivity index (χ1v) is 5.76. The molecule has 0 saturated carbocycles. The number of H-pyrrole nitrogens is 1. The number of rotatable bonds is 3. The monoisotopic (exact) mass is 256 g/mol. The Balaban J connectivity index is 2.43. The summed E-state index contributed by atoms with van der Waals surface area (Å²) < 4.78 is 38.0. The molecule has 5 heteroatoms. The summed E-state index contributed by atoms with van der Waals surface area (Å²) in [6.07, 6.45) is -1.83. The maximum absolute atomic E-state index is 12.7. The van der Waals surface area contributed by atoms with Crippen molar-refractivity contribution in [1.82, 2.24) is 10.3 Å². The lowest BCUT2D eigenvalue weighted by Crippen LogP contribution is -2.23. The summed E-state index contributed by atoms with van der Waals surface area (Å²) in [6, 6.07) is 4.01. The third-order valence-electron chi connectivity index (χ3n) is 3.11. The molecule has 0 spiro atoms. The van der Waals surface area contributed by atoms with Gasteiger partial charge in [-0.2, -0.15) is 13.2 Å². The molecule has 0 aliphatic rings. The van der Waals surface area contributed by atoms with Crippen molar-refractivity contribution in [3.8, 4) is 0 Å². The predicted octanol–water partition coefficient (Wildman–Crippen LogP) is 3.34. The first-order chi connectivity index (χ1) is 8.41. The summed E-state index contributed by atoms with van der Waals surface area (Å²) in [5, 5.41) is 3.72. The molecule has 0 radical (unpaired) electrons. The lowest BCUT2D eigenvalue weighted by molar-refractivity contribution is -0.137. The van der Waals surface area contributed by atoms with Crippen molar-refractivity contribution in [2.45, 2.75) is 25.6 Å². The standard InChI is InChI=1S/C13H15F3N2/c1-8(17-2)5-9-7-18-12-4-3-10(6-11(9)12)13(14,15)16/h3-4,6-8,17-18H,5H2,1-2H3. The Bertz CT molecular complexity index is 543. The van der Waals surface area contributed by atoms with Crippen LogP contribution in [0, 0.1) is 0 Å². The van der Waals surface area contributed by atoms with E-state index in [1.807, 2.05) is 14.0 Å². The van der Waals surface area contributed by atoms with Crippen molar-refractivity contribution in [3.05, 3.63) is 35.5 Å². The number of fused-ring (bicyclic) bond motifs is 1. The van der Waals surface area contributed by atoms with Gasteiger partial charge in [0.15, 0.2) is 0 Å². The van der Waals surface area contributed by atoms with Crippen LogP contribution in [0.25, 0.3) is 10.9 Å². The fourth-order valence-corrected chi connectivity index (χ4v) is 1.96. The lowest BCUT2D eigenvalue weighted by atomic mass is 10.0.